The molecule has 0 aliphatic heterocycles. The molecule has 22 heavy (non-hydrogen) atoms. The third-order valence-electron chi connectivity index (χ3n) is 5.83. The van der Waals surface area contributed by atoms with E-state index in [1.54, 1.807) is 11.0 Å². The van der Waals surface area contributed by atoms with Gasteiger partial charge < -0.3 is 5.32 Å². The Morgan fingerprint density at radius 1 is 1.23 bits per heavy atom. The number of hydrogen-bond acceptors (Lipinski definition) is 4. The van der Waals surface area contributed by atoms with E-state index >= 15 is 0 Å². The van der Waals surface area contributed by atoms with Crippen LogP contribution in [0.4, 0.5) is 0 Å². The lowest BCUT2D eigenvalue weighted by Crippen LogP contribution is -2.51. The summed E-state index contributed by atoms with van der Waals surface area (Å²) >= 11 is 0. The summed E-state index contributed by atoms with van der Waals surface area (Å²) in [6, 6.07) is 0. The van der Waals surface area contributed by atoms with Crippen LogP contribution in [0.15, 0.2) is 18.5 Å². The summed E-state index contributed by atoms with van der Waals surface area (Å²) < 4.78 is 1.68. The van der Waals surface area contributed by atoms with Crippen molar-refractivity contribution in [3.63, 3.8) is 0 Å². The van der Waals surface area contributed by atoms with Crippen LogP contribution in [-0.2, 0) is 10.3 Å². The lowest BCUT2D eigenvalue weighted by atomic mass is 9.80. The number of rotatable bonds is 4. The van der Waals surface area contributed by atoms with E-state index in [4.69, 9.17) is 0 Å². The van der Waals surface area contributed by atoms with E-state index in [2.05, 4.69) is 33.0 Å². The first kappa shape index (κ1) is 13.9. The molecule has 3 atom stereocenters. The molecule has 6 nitrogen and oxygen atoms in total. The van der Waals surface area contributed by atoms with Crippen LogP contribution in [0, 0.1) is 17.8 Å². The molecule has 1 aromatic rings. The third kappa shape index (κ3) is 2.25. The molecule has 3 aliphatic carbocycles. The number of nitrogens with zero attached hydrogens (tertiary/aromatic N) is 4. The van der Waals surface area contributed by atoms with Crippen LogP contribution in [-0.4, -0.2) is 32.7 Å². The molecule has 0 unspecified atom stereocenters. The van der Waals surface area contributed by atoms with E-state index in [9.17, 15) is 4.79 Å². The fourth-order valence-electron chi connectivity index (χ4n) is 4.57. The molecule has 1 heterocycles. The molecule has 0 aromatic carbocycles. The van der Waals surface area contributed by atoms with Crippen molar-refractivity contribution in [2.45, 2.75) is 50.5 Å². The van der Waals surface area contributed by atoms with Crippen LogP contribution in [0.3, 0.4) is 0 Å². The van der Waals surface area contributed by atoms with E-state index in [0.29, 0.717) is 11.8 Å². The molecular formula is C16H23N5O. The Balaban J connectivity index is 1.46. The highest BCUT2D eigenvalue weighted by molar-refractivity contribution is 5.84. The van der Waals surface area contributed by atoms with Crippen molar-refractivity contribution in [3.8, 4) is 0 Å². The smallest absolute Gasteiger partial charge is 0.248 e. The van der Waals surface area contributed by atoms with Gasteiger partial charge in [0.25, 0.3) is 0 Å². The summed E-state index contributed by atoms with van der Waals surface area (Å²) in [5.41, 5.74) is -0.574. The van der Waals surface area contributed by atoms with E-state index in [1.807, 2.05) is 0 Å². The van der Waals surface area contributed by atoms with E-state index in [0.717, 1.165) is 38.1 Å². The second kappa shape index (κ2) is 5.48. The zero-order valence-corrected chi connectivity index (χ0v) is 12.8. The Hall–Kier alpha value is -1.72. The minimum Gasteiger partial charge on any atom is -0.354 e. The van der Waals surface area contributed by atoms with Gasteiger partial charge in [0.15, 0.2) is 0 Å². The maximum absolute atomic E-state index is 12.9. The van der Waals surface area contributed by atoms with Gasteiger partial charge in [-0.15, -0.1) is 5.10 Å². The first-order valence-corrected chi connectivity index (χ1v) is 8.48. The molecule has 0 spiro atoms. The zero-order valence-electron chi connectivity index (χ0n) is 12.8. The number of carbonyl (C=O) groups is 1. The van der Waals surface area contributed by atoms with Gasteiger partial charge in [0.2, 0.25) is 5.91 Å². The van der Waals surface area contributed by atoms with Crippen molar-refractivity contribution in [2.24, 2.45) is 17.8 Å². The molecule has 3 aliphatic rings. The quantitative estimate of drug-likeness (QED) is 0.859. The molecule has 1 aromatic heterocycles. The van der Waals surface area contributed by atoms with E-state index < -0.39 is 5.54 Å². The van der Waals surface area contributed by atoms with Gasteiger partial charge in [0.05, 0.1) is 0 Å². The first-order chi connectivity index (χ1) is 10.8. The summed E-state index contributed by atoms with van der Waals surface area (Å²) in [5, 5.41) is 14.7. The first-order valence-electron chi connectivity index (χ1n) is 8.48. The standard InChI is InChI=1S/C16H23N5O/c22-15(17-10-14-9-12-4-5-13(14)8-12)16(6-2-1-3-7-16)21-11-18-19-20-21/h4-5,11-14H,1-3,6-10H2,(H,17,22)/t12-,13-,14-/m1/s1. The summed E-state index contributed by atoms with van der Waals surface area (Å²) in [4.78, 5) is 12.9. The second-order valence-corrected chi connectivity index (χ2v) is 7.10. The van der Waals surface area contributed by atoms with E-state index in [1.165, 1.54) is 19.3 Å². The van der Waals surface area contributed by atoms with Gasteiger partial charge in [-0.3, -0.25) is 4.79 Å². The van der Waals surface area contributed by atoms with Gasteiger partial charge in [0.1, 0.15) is 11.9 Å². The molecule has 1 N–H and O–H groups in total. The molecule has 0 saturated heterocycles. The van der Waals surface area contributed by atoms with Crippen LogP contribution in [0.25, 0.3) is 0 Å². The van der Waals surface area contributed by atoms with Crippen LogP contribution < -0.4 is 5.32 Å². The van der Waals surface area contributed by atoms with Gasteiger partial charge in [-0.25, -0.2) is 4.68 Å². The molecule has 4 rings (SSSR count). The Kier molecular flexibility index (Phi) is 3.47. The SMILES string of the molecule is O=C(NC[C@H]1C[C@@H]2C=C[C@@H]1C2)C1(n2cnnn2)CCCCC1. The minimum absolute atomic E-state index is 0.103. The van der Waals surface area contributed by atoms with Crippen molar-refractivity contribution >= 4 is 5.91 Å². The summed E-state index contributed by atoms with van der Waals surface area (Å²) in [6.45, 7) is 0.786. The van der Waals surface area contributed by atoms with E-state index in [-0.39, 0.29) is 5.91 Å². The topological polar surface area (TPSA) is 72.7 Å². The summed E-state index contributed by atoms with van der Waals surface area (Å²) in [7, 11) is 0. The van der Waals surface area contributed by atoms with Gasteiger partial charge in [-0.2, -0.15) is 0 Å². The fraction of sp³-hybridized carbons (Fsp3) is 0.750. The molecular weight excluding hydrogens is 278 g/mol. The number of allylic oxidation sites excluding steroid dienone is 2. The number of tetrazole rings is 1. The maximum Gasteiger partial charge on any atom is 0.248 e. The third-order valence-corrected chi connectivity index (χ3v) is 5.83. The predicted molar refractivity (Wildman–Crippen MR) is 80.7 cm³/mol. The fourth-order valence-corrected chi connectivity index (χ4v) is 4.57. The largest absolute Gasteiger partial charge is 0.354 e. The van der Waals surface area contributed by atoms with Crippen LogP contribution in [0.2, 0.25) is 0 Å². The van der Waals surface area contributed by atoms with Crippen LogP contribution >= 0.6 is 0 Å². The predicted octanol–water partition coefficient (Wildman–Crippen LogP) is 1.66. The minimum atomic E-state index is -0.574. The van der Waals surface area contributed by atoms with Crippen molar-refractivity contribution in [2.75, 3.05) is 6.54 Å². The number of hydrogen-bond donors (Lipinski definition) is 1. The Labute approximate surface area is 130 Å². The van der Waals surface area contributed by atoms with Gasteiger partial charge >= 0.3 is 0 Å². The summed E-state index contributed by atoms with van der Waals surface area (Å²) in [6.07, 6.45) is 13.7. The van der Waals surface area contributed by atoms with Crippen LogP contribution in [0.5, 0.6) is 0 Å². The highest BCUT2D eigenvalue weighted by Crippen LogP contribution is 2.43. The molecule has 118 valence electrons. The monoisotopic (exact) mass is 301 g/mol. The lowest BCUT2D eigenvalue weighted by molar-refractivity contribution is -0.132. The maximum atomic E-state index is 12.9. The Morgan fingerprint density at radius 2 is 2.09 bits per heavy atom. The Bertz CT molecular complexity index is 561. The number of fused-ring (bicyclic) bond motifs is 2. The second-order valence-electron chi connectivity index (χ2n) is 7.10. The van der Waals surface area contributed by atoms with Gasteiger partial charge in [-0.1, -0.05) is 31.4 Å². The van der Waals surface area contributed by atoms with Crippen molar-refractivity contribution in [1.29, 1.82) is 0 Å². The molecule has 2 saturated carbocycles. The van der Waals surface area contributed by atoms with Gasteiger partial charge in [0, 0.05) is 6.54 Å². The van der Waals surface area contributed by atoms with Crippen molar-refractivity contribution in [1.82, 2.24) is 25.5 Å². The Morgan fingerprint density at radius 3 is 2.73 bits per heavy atom. The van der Waals surface area contributed by atoms with Crippen molar-refractivity contribution in [3.05, 3.63) is 18.5 Å². The molecule has 1 amide bonds. The lowest BCUT2D eigenvalue weighted by Gasteiger charge is -2.35. The number of amides is 1. The average Bonchev–Trinajstić information content (AvgIpc) is 3.30. The van der Waals surface area contributed by atoms with Crippen LogP contribution in [0.1, 0.15) is 44.9 Å². The molecule has 2 bridgehead atoms. The number of carbonyl (C=O) groups excluding carboxylic acids is 1. The molecule has 6 heteroatoms. The highest BCUT2D eigenvalue weighted by atomic mass is 16.2. The normalized spacial score (nSPS) is 32.3. The zero-order chi connectivity index (χ0) is 15.0. The number of aromatic nitrogens is 4. The molecule has 2 fully saturated rings. The van der Waals surface area contributed by atoms with Crippen molar-refractivity contribution < 1.29 is 4.79 Å². The average molecular weight is 301 g/mol. The highest BCUT2D eigenvalue weighted by Gasteiger charge is 2.43. The molecule has 0 radical (unpaired) electrons. The number of nitrogens with one attached hydrogen (secondary N) is 1. The van der Waals surface area contributed by atoms with Gasteiger partial charge in [-0.05, 0) is 53.9 Å². The summed E-state index contributed by atoms with van der Waals surface area (Å²) in [5.74, 6) is 2.12.